The molecule has 8 heteroatoms. The molecule has 2 aromatic carbocycles. The van der Waals surface area contributed by atoms with Gasteiger partial charge < -0.3 is 10.8 Å². The Morgan fingerprint density at radius 2 is 1.71 bits per heavy atom. The molecule has 3 rings (SSSR count). The predicted molar refractivity (Wildman–Crippen MR) is 91.2 cm³/mol. The first-order valence-corrected chi connectivity index (χ1v) is 9.26. The number of hydrogen-bond acceptors (Lipinski definition) is 4. The summed E-state index contributed by atoms with van der Waals surface area (Å²) in [7, 11) is -3.95. The van der Waals surface area contributed by atoms with Gasteiger partial charge >= 0.3 is 5.97 Å². The first-order chi connectivity index (χ1) is 11.2. The van der Waals surface area contributed by atoms with Crippen molar-refractivity contribution in [1.82, 2.24) is 0 Å². The Kier molecular flexibility index (Phi) is 4.12. The molecular weight excluding hydrogens is 373 g/mol. The van der Waals surface area contributed by atoms with Crippen LogP contribution in [0.5, 0.6) is 0 Å². The van der Waals surface area contributed by atoms with Crippen LogP contribution in [0.25, 0.3) is 0 Å². The maximum Gasteiger partial charge on any atom is 0.325 e. The SMILES string of the molecule is N[C@@]1(C(=O)O)[C@H](c2cccc(Cl)c2)[C@@H]1S(=O)(=O)c1ccc(Cl)cc1. The molecule has 126 valence electrons. The van der Waals surface area contributed by atoms with Crippen LogP contribution < -0.4 is 5.73 Å². The maximum atomic E-state index is 12.9. The molecule has 0 heterocycles. The quantitative estimate of drug-likeness (QED) is 0.842. The lowest BCUT2D eigenvalue weighted by atomic mass is 10.1. The minimum atomic E-state index is -3.95. The van der Waals surface area contributed by atoms with E-state index in [-0.39, 0.29) is 4.90 Å². The summed E-state index contributed by atoms with van der Waals surface area (Å²) in [4.78, 5) is 11.6. The van der Waals surface area contributed by atoms with Crippen LogP contribution in [0, 0.1) is 0 Å². The van der Waals surface area contributed by atoms with Crippen molar-refractivity contribution in [2.75, 3.05) is 0 Å². The van der Waals surface area contributed by atoms with E-state index >= 15 is 0 Å². The lowest BCUT2D eigenvalue weighted by molar-refractivity contribution is -0.139. The van der Waals surface area contributed by atoms with Crippen molar-refractivity contribution in [3.8, 4) is 0 Å². The summed E-state index contributed by atoms with van der Waals surface area (Å²) >= 11 is 11.7. The molecule has 0 unspecified atom stereocenters. The number of carboxylic acid groups (broad SMARTS) is 1. The largest absolute Gasteiger partial charge is 0.480 e. The topological polar surface area (TPSA) is 97.5 Å². The van der Waals surface area contributed by atoms with E-state index in [1.807, 2.05) is 0 Å². The molecule has 0 bridgehead atoms. The summed E-state index contributed by atoms with van der Waals surface area (Å²) in [5.74, 6) is -2.25. The number of sulfone groups is 1. The molecule has 0 radical (unpaired) electrons. The Balaban J connectivity index is 2.08. The standard InChI is InChI=1S/C16H13Cl2NO4S/c17-10-4-6-12(7-5-10)24(22,23)14-13(16(14,19)15(20)21)9-2-1-3-11(18)8-9/h1-8,13-14H,19H2,(H,20,21)/t13-,14+,16+/m1/s1. The molecule has 3 N–H and O–H groups in total. The second-order valence-electron chi connectivity index (χ2n) is 5.69. The van der Waals surface area contributed by atoms with Crippen molar-refractivity contribution in [1.29, 1.82) is 0 Å². The van der Waals surface area contributed by atoms with Gasteiger partial charge in [-0.25, -0.2) is 8.42 Å². The second-order valence-corrected chi connectivity index (χ2v) is 8.63. The number of hydrogen-bond donors (Lipinski definition) is 2. The molecule has 24 heavy (non-hydrogen) atoms. The summed E-state index contributed by atoms with van der Waals surface area (Å²) in [6.45, 7) is 0. The third-order valence-corrected chi connectivity index (χ3v) is 6.98. The van der Waals surface area contributed by atoms with Gasteiger partial charge in [0.05, 0.1) is 4.90 Å². The molecule has 2 aromatic rings. The number of aliphatic carboxylic acids is 1. The number of nitrogens with two attached hydrogens (primary N) is 1. The van der Waals surface area contributed by atoms with E-state index in [0.717, 1.165) is 0 Å². The lowest BCUT2D eigenvalue weighted by Crippen LogP contribution is -2.39. The highest BCUT2D eigenvalue weighted by atomic mass is 35.5. The molecule has 1 aliphatic rings. The molecule has 0 aromatic heterocycles. The van der Waals surface area contributed by atoms with Crippen molar-refractivity contribution in [3.63, 3.8) is 0 Å². The zero-order valence-electron chi connectivity index (χ0n) is 12.2. The monoisotopic (exact) mass is 385 g/mol. The molecule has 0 spiro atoms. The first kappa shape index (κ1) is 17.2. The van der Waals surface area contributed by atoms with Gasteiger partial charge in [-0.1, -0.05) is 35.3 Å². The number of carboxylic acids is 1. The molecule has 1 aliphatic carbocycles. The minimum absolute atomic E-state index is 0.0162. The molecule has 5 nitrogen and oxygen atoms in total. The van der Waals surface area contributed by atoms with Crippen LogP contribution in [-0.4, -0.2) is 30.3 Å². The second kappa shape index (κ2) is 5.74. The Bertz CT molecular complexity index is 914. The zero-order valence-corrected chi connectivity index (χ0v) is 14.5. The Morgan fingerprint density at radius 3 is 2.25 bits per heavy atom. The molecule has 1 saturated carbocycles. The van der Waals surface area contributed by atoms with Crippen molar-refractivity contribution >= 4 is 39.0 Å². The third kappa shape index (κ3) is 2.59. The Hall–Kier alpha value is -1.60. The van der Waals surface area contributed by atoms with Crippen LogP contribution >= 0.6 is 23.2 Å². The van der Waals surface area contributed by atoms with Crippen molar-refractivity contribution in [2.45, 2.75) is 21.6 Å². The number of rotatable bonds is 4. The number of carbonyl (C=O) groups is 1. The van der Waals surface area contributed by atoms with Gasteiger partial charge in [-0.05, 0) is 42.0 Å². The smallest absolute Gasteiger partial charge is 0.325 e. The van der Waals surface area contributed by atoms with Crippen LogP contribution in [0.4, 0.5) is 0 Å². The fraction of sp³-hybridized carbons (Fsp3) is 0.188. The molecule has 0 amide bonds. The van der Waals surface area contributed by atoms with Gasteiger partial charge in [0.2, 0.25) is 0 Å². The van der Waals surface area contributed by atoms with E-state index in [1.165, 1.54) is 30.3 Å². The number of benzene rings is 2. The van der Waals surface area contributed by atoms with E-state index in [0.29, 0.717) is 15.6 Å². The van der Waals surface area contributed by atoms with E-state index in [4.69, 9.17) is 28.9 Å². The van der Waals surface area contributed by atoms with Crippen molar-refractivity contribution in [2.24, 2.45) is 5.73 Å². The number of halogens is 2. The van der Waals surface area contributed by atoms with Gasteiger partial charge in [-0.2, -0.15) is 0 Å². The molecule has 0 saturated heterocycles. The summed E-state index contributed by atoms with van der Waals surface area (Å²) in [6.07, 6.45) is 0. The molecule has 3 atom stereocenters. The fourth-order valence-corrected chi connectivity index (χ4v) is 5.54. The molecule has 1 fully saturated rings. The zero-order chi connectivity index (χ0) is 17.7. The first-order valence-electron chi connectivity index (χ1n) is 6.96. The summed E-state index contributed by atoms with van der Waals surface area (Å²) in [5, 5.41) is 8.99. The summed E-state index contributed by atoms with van der Waals surface area (Å²) in [6, 6.07) is 12.0. The normalized spacial score (nSPS) is 26.1. The van der Waals surface area contributed by atoms with Gasteiger partial charge in [-0.3, -0.25) is 4.79 Å². The highest BCUT2D eigenvalue weighted by Crippen LogP contribution is 2.56. The van der Waals surface area contributed by atoms with Crippen LogP contribution in [0.1, 0.15) is 11.5 Å². The van der Waals surface area contributed by atoms with Gasteiger partial charge in [0.1, 0.15) is 10.8 Å². The summed E-state index contributed by atoms with van der Waals surface area (Å²) < 4.78 is 25.8. The van der Waals surface area contributed by atoms with Crippen LogP contribution in [-0.2, 0) is 14.6 Å². The van der Waals surface area contributed by atoms with E-state index in [1.54, 1.807) is 18.2 Å². The van der Waals surface area contributed by atoms with Gasteiger partial charge in [0.25, 0.3) is 0 Å². The van der Waals surface area contributed by atoms with Gasteiger partial charge in [-0.15, -0.1) is 0 Å². The van der Waals surface area contributed by atoms with Crippen LogP contribution in [0.15, 0.2) is 53.4 Å². The molecular formula is C16H13Cl2NO4S. The highest BCUT2D eigenvalue weighted by molar-refractivity contribution is 7.92. The van der Waals surface area contributed by atoms with Crippen LogP contribution in [0.3, 0.4) is 0 Å². The maximum absolute atomic E-state index is 12.9. The van der Waals surface area contributed by atoms with Gasteiger partial charge in [0.15, 0.2) is 9.84 Å². The average Bonchev–Trinajstić information content (AvgIpc) is 3.17. The van der Waals surface area contributed by atoms with E-state index in [2.05, 4.69) is 0 Å². The highest BCUT2D eigenvalue weighted by Gasteiger charge is 2.74. The summed E-state index contributed by atoms with van der Waals surface area (Å²) in [5.41, 5.74) is 4.55. The Labute approximate surface area is 148 Å². The predicted octanol–water partition coefficient (Wildman–Crippen LogP) is 2.72. The van der Waals surface area contributed by atoms with Crippen LogP contribution in [0.2, 0.25) is 10.0 Å². The van der Waals surface area contributed by atoms with Gasteiger partial charge in [0, 0.05) is 16.0 Å². The molecule has 0 aliphatic heterocycles. The Morgan fingerprint density at radius 1 is 1.08 bits per heavy atom. The van der Waals surface area contributed by atoms with E-state index < -0.39 is 32.5 Å². The minimum Gasteiger partial charge on any atom is -0.480 e. The van der Waals surface area contributed by atoms with Crippen molar-refractivity contribution in [3.05, 3.63) is 64.1 Å². The van der Waals surface area contributed by atoms with E-state index in [9.17, 15) is 18.3 Å². The third-order valence-electron chi connectivity index (χ3n) is 4.23. The lowest BCUT2D eigenvalue weighted by Gasteiger charge is -2.07. The average molecular weight is 386 g/mol. The fourth-order valence-electron chi connectivity index (χ4n) is 2.99. The van der Waals surface area contributed by atoms with Crippen molar-refractivity contribution < 1.29 is 18.3 Å².